The van der Waals surface area contributed by atoms with E-state index in [4.69, 9.17) is 0 Å². The van der Waals surface area contributed by atoms with E-state index in [1.165, 1.54) is 32.1 Å². The Kier molecular flexibility index (Phi) is 4.52. The van der Waals surface area contributed by atoms with Crippen LogP contribution in [0.2, 0.25) is 0 Å². The molecule has 3 rings (SSSR count). The number of hydrogen-bond donors (Lipinski definition) is 1. The Morgan fingerprint density at radius 1 is 1.23 bits per heavy atom. The van der Waals surface area contributed by atoms with Crippen LogP contribution >= 0.6 is 0 Å². The van der Waals surface area contributed by atoms with E-state index in [0.29, 0.717) is 18.4 Å². The van der Waals surface area contributed by atoms with Gasteiger partial charge in [0, 0.05) is 25.3 Å². The van der Waals surface area contributed by atoms with Crippen molar-refractivity contribution >= 4 is 21.6 Å². The van der Waals surface area contributed by atoms with Crippen LogP contribution in [0.5, 0.6) is 0 Å². The Morgan fingerprint density at radius 2 is 2.00 bits per heavy atom. The minimum Gasteiger partial charge on any atom is -0.355 e. The van der Waals surface area contributed by atoms with Gasteiger partial charge in [0.05, 0.1) is 11.5 Å². The molecule has 122 valence electrons. The van der Waals surface area contributed by atoms with E-state index in [1.807, 2.05) is 18.0 Å². The highest BCUT2D eigenvalue weighted by Crippen LogP contribution is 2.23. The number of hydrogen-bond acceptors (Lipinski definition) is 6. The van der Waals surface area contributed by atoms with Gasteiger partial charge in [-0.15, -0.1) is 0 Å². The first-order chi connectivity index (χ1) is 10.5. The highest BCUT2D eigenvalue weighted by Gasteiger charge is 2.31. The topological polar surface area (TPSA) is 75.2 Å². The van der Waals surface area contributed by atoms with Gasteiger partial charge in [0.2, 0.25) is 5.95 Å². The molecule has 0 bridgehead atoms. The molecule has 1 aromatic heterocycles. The van der Waals surface area contributed by atoms with Crippen molar-refractivity contribution in [2.24, 2.45) is 0 Å². The average Bonchev–Trinajstić information content (AvgIpc) is 2.88. The minimum absolute atomic E-state index is 0.0161. The third kappa shape index (κ3) is 3.69. The molecule has 22 heavy (non-hydrogen) atoms. The summed E-state index contributed by atoms with van der Waals surface area (Å²) in [5.74, 6) is 1.94. The first kappa shape index (κ1) is 15.5. The minimum atomic E-state index is -2.88. The molecular weight excluding hydrogens is 300 g/mol. The van der Waals surface area contributed by atoms with E-state index >= 15 is 0 Å². The van der Waals surface area contributed by atoms with E-state index in [1.54, 1.807) is 6.20 Å². The van der Waals surface area contributed by atoms with Gasteiger partial charge in [-0.3, -0.25) is 0 Å². The number of nitrogens with one attached hydrogen (secondary N) is 1. The molecule has 1 aliphatic carbocycles. The molecule has 1 saturated heterocycles. The van der Waals surface area contributed by atoms with Crippen LogP contribution in [0.1, 0.15) is 38.5 Å². The molecule has 2 heterocycles. The fraction of sp³-hybridized carbons (Fsp3) is 0.733. The van der Waals surface area contributed by atoms with Gasteiger partial charge in [0.15, 0.2) is 9.84 Å². The highest BCUT2D eigenvalue weighted by molar-refractivity contribution is 7.91. The van der Waals surface area contributed by atoms with Crippen LogP contribution in [0.3, 0.4) is 0 Å². The fourth-order valence-corrected chi connectivity index (χ4v) is 5.09. The summed E-state index contributed by atoms with van der Waals surface area (Å²) in [6.07, 6.45) is 8.60. The SMILES string of the molecule is CN(c1ccnc(NC2CCCCC2)n1)C1CCS(=O)(=O)C1. The predicted octanol–water partition coefficient (Wildman–Crippen LogP) is 1.84. The Morgan fingerprint density at radius 3 is 2.68 bits per heavy atom. The van der Waals surface area contributed by atoms with Crippen molar-refractivity contribution < 1.29 is 8.42 Å². The Bertz CT molecular complexity index is 614. The Hall–Kier alpha value is -1.37. The van der Waals surface area contributed by atoms with E-state index in [2.05, 4.69) is 15.3 Å². The summed E-state index contributed by atoms with van der Waals surface area (Å²) in [6.45, 7) is 0. The molecule has 1 N–H and O–H groups in total. The molecule has 0 radical (unpaired) electrons. The molecule has 1 saturated carbocycles. The normalized spacial score (nSPS) is 25.0. The maximum atomic E-state index is 11.6. The number of anilines is 2. The van der Waals surface area contributed by atoms with E-state index in [0.717, 1.165) is 5.82 Å². The first-order valence-electron chi connectivity index (χ1n) is 8.06. The van der Waals surface area contributed by atoms with Crippen LogP contribution in [0.25, 0.3) is 0 Å². The molecule has 1 aromatic rings. The second-order valence-electron chi connectivity index (χ2n) is 6.39. The lowest BCUT2D eigenvalue weighted by Crippen LogP contribution is -2.33. The second-order valence-corrected chi connectivity index (χ2v) is 8.61. The molecule has 0 spiro atoms. The molecule has 6 nitrogen and oxygen atoms in total. The molecule has 1 unspecified atom stereocenters. The summed E-state index contributed by atoms with van der Waals surface area (Å²) in [7, 11) is -0.967. The molecule has 2 aliphatic rings. The van der Waals surface area contributed by atoms with Crippen LogP contribution in [-0.2, 0) is 9.84 Å². The zero-order valence-electron chi connectivity index (χ0n) is 13.0. The lowest BCUT2D eigenvalue weighted by atomic mass is 9.96. The summed E-state index contributed by atoms with van der Waals surface area (Å²) in [5.41, 5.74) is 0. The van der Waals surface area contributed by atoms with Crippen LogP contribution in [0.4, 0.5) is 11.8 Å². The standard InChI is InChI=1S/C15H24N4O2S/c1-19(13-8-10-22(20,21)11-13)14-7-9-16-15(18-14)17-12-5-3-2-4-6-12/h7,9,12-13H,2-6,8,10-11H2,1H3,(H,16,17,18). The van der Waals surface area contributed by atoms with Gasteiger partial charge < -0.3 is 10.2 Å². The number of sulfone groups is 1. The van der Waals surface area contributed by atoms with Gasteiger partial charge in [0.25, 0.3) is 0 Å². The number of rotatable bonds is 4. The molecule has 7 heteroatoms. The summed E-state index contributed by atoms with van der Waals surface area (Å²) in [4.78, 5) is 10.8. The summed E-state index contributed by atoms with van der Waals surface area (Å²) in [5, 5.41) is 3.42. The summed E-state index contributed by atoms with van der Waals surface area (Å²) >= 11 is 0. The van der Waals surface area contributed by atoms with Crippen molar-refractivity contribution in [3.8, 4) is 0 Å². The summed E-state index contributed by atoms with van der Waals surface area (Å²) in [6, 6.07) is 2.32. The maximum Gasteiger partial charge on any atom is 0.224 e. The van der Waals surface area contributed by atoms with Crippen LogP contribution in [-0.4, -0.2) is 49.0 Å². The van der Waals surface area contributed by atoms with Gasteiger partial charge in [-0.1, -0.05) is 19.3 Å². The lowest BCUT2D eigenvalue weighted by Gasteiger charge is -2.26. The monoisotopic (exact) mass is 324 g/mol. The van der Waals surface area contributed by atoms with Crippen LogP contribution in [0, 0.1) is 0 Å². The third-order valence-corrected chi connectivity index (χ3v) is 6.45. The molecule has 1 atom stereocenters. The van der Waals surface area contributed by atoms with Crippen molar-refractivity contribution in [3.05, 3.63) is 12.3 Å². The van der Waals surface area contributed by atoms with Crippen LogP contribution < -0.4 is 10.2 Å². The lowest BCUT2D eigenvalue weighted by molar-refractivity contribution is 0.461. The molecule has 0 aromatic carbocycles. The zero-order chi connectivity index (χ0) is 15.6. The average molecular weight is 324 g/mol. The number of aromatic nitrogens is 2. The molecule has 1 aliphatic heterocycles. The predicted molar refractivity (Wildman–Crippen MR) is 88.0 cm³/mol. The largest absolute Gasteiger partial charge is 0.355 e. The van der Waals surface area contributed by atoms with Gasteiger partial charge >= 0.3 is 0 Å². The third-order valence-electron chi connectivity index (χ3n) is 4.70. The van der Waals surface area contributed by atoms with Crippen molar-refractivity contribution in [3.63, 3.8) is 0 Å². The summed E-state index contributed by atoms with van der Waals surface area (Å²) < 4.78 is 23.3. The van der Waals surface area contributed by atoms with E-state index < -0.39 is 9.84 Å². The number of nitrogens with zero attached hydrogens (tertiary/aromatic N) is 3. The van der Waals surface area contributed by atoms with E-state index in [9.17, 15) is 8.42 Å². The maximum absolute atomic E-state index is 11.6. The van der Waals surface area contributed by atoms with Crippen molar-refractivity contribution in [2.75, 3.05) is 28.8 Å². The Balaban J connectivity index is 1.67. The fourth-order valence-electron chi connectivity index (χ4n) is 3.31. The van der Waals surface area contributed by atoms with Crippen molar-refractivity contribution in [1.29, 1.82) is 0 Å². The smallest absolute Gasteiger partial charge is 0.224 e. The van der Waals surface area contributed by atoms with Crippen molar-refractivity contribution in [1.82, 2.24) is 9.97 Å². The highest BCUT2D eigenvalue weighted by atomic mass is 32.2. The Labute approximate surface area is 132 Å². The van der Waals surface area contributed by atoms with Gasteiger partial charge in [-0.25, -0.2) is 13.4 Å². The van der Waals surface area contributed by atoms with Gasteiger partial charge in [-0.05, 0) is 25.3 Å². The molecule has 0 amide bonds. The second kappa shape index (κ2) is 6.40. The van der Waals surface area contributed by atoms with Crippen LogP contribution in [0.15, 0.2) is 12.3 Å². The quantitative estimate of drug-likeness (QED) is 0.911. The van der Waals surface area contributed by atoms with E-state index in [-0.39, 0.29) is 17.5 Å². The van der Waals surface area contributed by atoms with Crippen molar-refractivity contribution in [2.45, 2.75) is 50.6 Å². The first-order valence-corrected chi connectivity index (χ1v) is 9.88. The van der Waals surface area contributed by atoms with Gasteiger partial charge in [0.1, 0.15) is 5.82 Å². The zero-order valence-corrected chi connectivity index (χ0v) is 13.8. The molecule has 2 fully saturated rings. The molecular formula is C15H24N4O2S. The van der Waals surface area contributed by atoms with Gasteiger partial charge in [-0.2, -0.15) is 4.98 Å².